The van der Waals surface area contributed by atoms with E-state index in [9.17, 15) is 0 Å². The van der Waals surface area contributed by atoms with E-state index in [4.69, 9.17) is 5.11 Å². The Morgan fingerprint density at radius 1 is 1.78 bits per heavy atom. The highest BCUT2D eigenvalue weighted by atomic mass is 32.1. The van der Waals surface area contributed by atoms with Gasteiger partial charge in [-0.25, -0.2) is 0 Å². The minimum absolute atomic E-state index is 0.250. The molecule has 0 aliphatic carbocycles. The van der Waals surface area contributed by atoms with Gasteiger partial charge < -0.3 is 5.11 Å². The summed E-state index contributed by atoms with van der Waals surface area (Å²) in [6, 6.07) is 0. The van der Waals surface area contributed by atoms with Crippen LogP contribution in [0.4, 0.5) is 0 Å². The standard InChI is InChI=1S/C4H5NS.C2H6O/c1-4-5-2-3-6-4;1-2-3/h2-3H,1H3;3H,2H2,1H3. The molecule has 3 heteroatoms. The Kier molecular flexibility index (Phi) is 5.46. The van der Waals surface area contributed by atoms with Crippen LogP contribution in [0.25, 0.3) is 0 Å². The molecule has 0 bridgehead atoms. The van der Waals surface area contributed by atoms with Crippen LogP contribution < -0.4 is 0 Å². The molecule has 2 nitrogen and oxygen atoms in total. The molecule has 0 fully saturated rings. The van der Waals surface area contributed by atoms with Crippen molar-refractivity contribution < 1.29 is 5.11 Å². The van der Waals surface area contributed by atoms with Crippen LogP contribution in [0.1, 0.15) is 11.9 Å². The lowest BCUT2D eigenvalue weighted by atomic mass is 10.8. The zero-order valence-corrected chi connectivity index (χ0v) is 6.48. The number of aliphatic hydroxyl groups is 1. The number of aliphatic hydroxyl groups excluding tert-OH is 1. The lowest BCUT2D eigenvalue weighted by Gasteiger charge is -1.65. The van der Waals surface area contributed by atoms with Crippen LogP contribution in [-0.4, -0.2) is 16.7 Å². The van der Waals surface area contributed by atoms with Gasteiger partial charge in [0.15, 0.2) is 0 Å². The Hall–Kier alpha value is -0.410. The highest BCUT2D eigenvalue weighted by molar-refractivity contribution is 7.09. The molecule has 0 radical (unpaired) electrons. The van der Waals surface area contributed by atoms with Gasteiger partial charge in [-0.2, -0.15) is 0 Å². The van der Waals surface area contributed by atoms with Crippen molar-refractivity contribution >= 4 is 11.3 Å². The number of hydrogen-bond acceptors (Lipinski definition) is 3. The van der Waals surface area contributed by atoms with Crippen molar-refractivity contribution in [2.75, 3.05) is 6.61 Å². The van der Waals surface area contributed by atoms with Gasteiger partial charge in [-0.1, -0.05) is 0 Å². The molecule has 0 saturated heterocycles. The molecule has 0 aromatic carbocycles. The zero-order valence-electron chi connectivity index (χ0n) is 5.66. The maximum Gasteiger partial charge on any atom is 0.0893 e. The maximum absolute atomic E-state index is 7.57. The molecule has 1 N–H and O–H groups in total. The van der Waals surface area contributed by atoms with E-state index in [1.807, 2.05) is 12.3 Å². The van der Waals surface area contributed by atoms with Crippen LogP contribution in [0.5, 0.6) is 0 Å². The summed E-state index contributed by atoms with van der Waals surface area (Å²) in [6.07, 6.45) is 1.81. The monoisotopic (exact) mass is 145 g/mol. The number of aromatic nitrogens is 1. The second-order valence-corrected chi connectivity index (χ2v) is 2.47. The summed E-state index contributed by atoms with van der Waals surface area (Å²) in [6.45, 7) is 3.92. The fraction of sp³-hybridized carbons (Fsp3) is 0.500. The van der Waals surface area contributed by atoms with Crippen molar-refractivity contribution in [3.05, 3.63) is 16.6 Å². The van der Waals surface area contributed by atoms with Crippen molar-refractivity contribution in [2.45, 2.75) is 13.8 Å². The first kappa shape index (κ1) is 8.59. The molecular formula is C6H11NOS. The molecule has 1 aromatic heterocycles. The van der Waals surface area contributed by atoms with Gasteiger partial charge in [0.05, 0.1) is 5.01 Å². The molecule has 0 spiro atoms. The number of hydrogen-bond donors (Lipinski definition) is 1. The normalized spacial score (nSPS) is 7.89. The molecule has 9 heavy (non-hydrogen) atoms. The molecule has 1 heterocycles. The van der Waals surface area contributed by atoms with E-state index in [0.29, 0.717) is 0 Å². The fourth-order valence-electron chi connectivity index (χ4n) is 0.295. The van der Waals surface area contributed by atoms with E-state index >= 15 is 0 Å². The summed E-state index contributed by atoms with van der Waals surface area (Å²) < 4.78 is 0. The highest BCUT2D eigenvalue weighted by Crippen LogP contribution is 1.98. The molecule has 0 aliphatic heterocycles. The first-order valence-corrected chi connectivity index (χ1v) is 3.66. The van der Waals surface area contributed by atoms with Gasteiger partial charge in [-0.15, -0.1) is 11.3 Å². The number of thiazole rings is 1. The Balaban J connectivity index is 0.000000187. The van der Waals surface area contributed by atoms with Gasteiger partial charge in [0, 0.05) is 18.2 Å². The lowest BCUT2D eigenvalue weighted by molar-refractivity contribution is 0.318. The van der Waals surface area contributed by atoms with Gasteiger partial charge in [0.25, 0.3) is 0 Å². The first-order valence-electron chi connectivity index (χ1n) is 2.78. The quantitative estimate of drug-likeness (QED) is 0.599. The summed E-state index contributed by atoms with van der Waals surface area (Å²) in [4.78, 5) is 3.94. The highest BCUT2D eigenvalue weighted by Gasteiger charge is 1.76. The average Bonchev–Trinajstić information content (AvgIpc) is 2.20. The van der Waals surface area contributed by atoms with Crippen LogP contribution in [0.15, 0.2) is 11.6 Å². The Morgan fingerprint density at radius 3 is 2.44 bits per heavy atom. The van der Waals surface area contributed by atoms with Gasteiger partial charge in [0.1, 0.15) is 0 Å². The van der Waals surface area contributed by atoms with Crippen molar-refractivity contribution in [3.63, 3.8) is 0 Å². The van der Waals surface area contributed by atoms with E-state index in [2.05, 4.69) is 4.98 Å². The number of rotatable bonds is 0. The van der Waals surface area contributed by atoms with Crippen molar-refractivity contribution in [3.8, 4) is 0 Å². The molecule has 0 atom stereocenters. The Labute approximate surface area is 59.2 Å². The first-order chi connectivity index (χ1) is 4.31. The van der Waals surface area contributed by atoms with Crippen LogP contribution in [0.2, 0.25) is 0 Å². The van der Waals surface area contributed by atoms with Crippen LogP contribution in [0.3, 0.4) is 0 Å². The van der Waals surface area contributed by atoms with E-state index in [1.165, 1.54) is 0 Å². The summed E-state index contributed by atoms with van der Waals surface area (Å²) in [5.74, 6) is 0. The van der Waals surface area contributed by atoms with E-state index < -0.39 is 0 Å². The Bertz CT molecular complexity index is 128. The van der Waals surface area contributed by atoms with Gasteiger partial charge in [-0.05, 0) is 13.8 Å². The van der Waals surface area contributed by atoms with Crippen molar-refractivity contribution in [2.24, 2.45) is 0 Å². The summed E-state index contributed by atoms with van der Waals surface area (Å²) >= 11 is 1.67. The predicted octanol–water partition coefficient (Wildman–Crippen LogP) is 1.45. The van der Waals surface area contributed by atoms with E-state index in [-0.39, 0.29) is 6.61 Å². The lowest BCUT2D eigenvalue weighted by Crippen LogP contribution is -1.57. The fourth-order valence-corrected chi connectivity index (χ4v) is 0.735. The molecule has 1 rings (SSSR count). The number of aryl methyl sites for hydroxylation is 1. The van der Waals surface area contributed by atoms with Gasteiger partial charge in [0.2, 0.25) is 0 Å². The largest absolute Gasteiger partial charge is 0.397 e. The molecule has 0 unspecified atom stereocenters. The third-order valence-electron chi connectivity index (χ3n) is 0.556. The Morgan fingerprint density at radius 2 is 2.33 bits per heavy atom. The summed E-state index contributed by atoms with van der Waals surface area (Å²) in [5.41, 5.74) is 0. The second-order valence-electron chi connectivity index (χ2n) is 1.37. The van der Waals surface area contributed by atoms with Gasteiger partial charge >= 0.3 is 0 Å². The third-order valence-corrected chi connectivity index (χ3v) is 1.26. The topological polar surface area (TPSA) is 33.1 Å². The predicted molar refractivity (Wildman–Crippen MR) is 39.6 cm³/mol. The molecule has 52 valence electrons. The molecule has 0 saturated carbocycles. The smallest absolute Gasteiger partial charge is 0.0893 e. The summed E-state index contributed by atoms with van der Waals surface area (Å²) in [5, 5.41) is 10.7. The van der Waals surface area contributed by atoms with Crippen LogP contribution in [0, 0.1) is 6.92 Å². The summed E-state index contributed by atoms with van der Waals surface area (Å²) in [7, 11) is 0. The zero-order chi connectivity index (χ0) is 7.11. The average molecular weight is 145 g/mol. The molecule has 0 aliphatic rings. The number of nitrogens with zero attached hydrogens (tertiary/aromatic N) is 1. The van der Waals surface area contributed by atoms with E-state index in [1.54, 1.807) is 24.5 Å². The van der Waals surface area contributed by atoms with E-state index in [0.717, 1.165) is 5.01 Å². The van der Waals surface area contributed by atoms with Crippen LogP contribution >= 0.6 is 11.3 Å². The van der Waals surface area contributed by atoms with Gasteiger partial charge in [-0.3, -0.25) is 4.98 Å². The maximum atomic E-state index is 7.57. The minimum atomic E-state index is 0.250. The molecule has 0 amide bonds. The molecule has 1 aromatic rings. The molecular weight excluding hydrogens is 134 g/mol. The SMILES string of the molecule is CCO.Cc1nccs1. The van der Waals surface area contributed by atoms with Crippen molar-refractivity contribution in [1.82, 2.24) is 4.98 Å². The van der Waals surface area contributed by atoms with Crippen molar-refractivity contribution in [1.29, 1.82) is 0 Å². The van der Waals surface area contributed by atoms with Crippen LogP contribution in [-0.2, 0) is 0 Å². The minimum Gasteiger partial charge on any atom is -0.397 e. The third kappa shape index (κ3) is 5.46. The second kappa shape index (κ2) is 5.72.